The average Bonchev–Trinajstić information content (AvgIpc) is 2.46. The van der Waals surface area contributed by atoms with Crippen molar-refractivity contribution in [2.45, 2.75) is 59.0 Å². The summed E-state index contributed by atoms with van der Waals surface area (Å²) >= 11 is 0. The predicted molar refractivity (Wildman–Crippen MR) is 86.0 cm³/mol. The SMILES string of the molecule is CCCC1CCN(c2ncc(F)cc2CNC(C)C)CC1. The highest BCUT2D eigenvalue weighted by Gasteiger charge is 2.21. The van der Waals surface area contributed by atoms with Gasteiger partial charge in [0.05, 0.1) is 6.20 Å². The van der Waals surface area contributed by atoms with Gasteiger partial charge in [-0.05, 0) is 24.8 Å². The zero-order valence-corrected chi connectivity index (χ0v) is 13.5. The van der Waals surface area contributed by atoms with Gasteiger partial charge in [0.2, 0.25) is 0 Å². The van der Waals surface area contributed by atoms with Gasteiger partial charge in [0.25, 0.3) is 0 Å². The van der Waals surface area contributed by atoms with Gasteiger partial charge in [-0.2, -0.15) is 0 Å². The molecule has 3 nitrogen and oxygen atoms in total. The Morgan fingerprint density at radius 2 is 2.10 bits per heavy atom. The average molecular weight is 293 g/mol. The van der Waals surface area contributed by atoms with Crippen LogP contribution in [0.15, 0.2) is 12.3 Å². The van der Waals surface area contributed by atoms with Crippen LogP contribution in [0.1, 0.15) is 52.0 Å². The zero-order chi connectivity index (χ0) is 15.2. The number of hydrogen-bond donors (Lipinski definition) is 1. The summed E-state index contributed by atoms with van der Waals surface area (Å²) in [5, 5.41) is 3.36. The van der Waals surface area contributed by atoms with Crippen LogP contribution in [0, 0.1) is 11.7 Å². The number of piperidine rings is 1. The van der Waals surface area contributed by atoms with Crippen molar-refractivity contribution in [1.82, 2.24) is 10.3 Å². The van der Waals surface area contributed by atoms with Crippen LogP contribution in [-0.2, 0) is 6.54 Å². The molecular formula is C17H28FN3. The fourth-order valence-electron chi connectivity index (χ4n) is 3.04. The molecule has 1 aliphatic heterocycles. The predicted octanol–water partition coefficient (Wildman–Crippen LogP) is 3.74. The Hall–Kier alpha value is -1.16. The van der Waals surface area contributed by atoms with Crippen molar-refractivity contribution in [1.29, 1.82) is 0 Å². The van der Waals surface area contributed by atoms with Crippen LogP contribution in [0.25, 0.3) is 0 Å². The van der Waals surface area contributed by atoms with Crippen molar-refractivity contribution >= 4 is 5.82 Å². The van der Waals surface area contributed by atoms with Crippen molar-refractivity contribution in [3.8, 4) is 0 Å². The summed E-state index contributed by atoms with van der Waals surface area (Å²) in [5.41, 5.74) is 0.970. The largest absolute Gasteiger partial charge is 0.356 e. The topological polar surface area (TPSA) is 28.2 Å². The minimum Gasteiger partial charge on any atom is -0.356 e. The molecule has 0 radical (unpaired) electrons. The van der Waals surface area contributed by atoms with Gasteiger partial charge in [-0.1, -0.05) is 33.6 Å². The first-order valence-corrected chi connectivity index (χ1v) is 8.23. The molecule has 1 aliphatic rings. The Bertz CT molecular complexity index is 440. The Labute approximate surface area is 127 Å². The number of nitrogens with zero attached hydrogens (tertiary/aromatic N) is 2. The van der Waals surface area contributed by atoms with Crippen molar-refractivity contribution < 1.29 is 4.39 Å². The highest BCUT2D eigenvalue weighted by Crippen LogP contribution is 2.27. The molecule has 1 N–H and O–H groups in total. The molecule has 118 valence electrons. The van der Waals surface area contributed by atoms with E-state index in [1.54, 1.807) is 6.07 Å². The van der Waals surface area contributed by atoms with E-state index in [2.05, 4.69) is 36.0 Å². The van der Waals surface area contributed by atoms with Crippen molar-refractivity contribution in [3.05, 3.63) is 23.6 Å². The van der Waals surface area contributed by atoms with E-state index in [-0.39, 0.29) is 5.82 Å². The van der Waals surface area contributed by atoms with E-state index in [1.165, 1.54) is 31.9 Å². The third-order valence-electron chi connectivity index (χ3n) is 4.22. The van der Waals surface area contributed by atoms with Crippen LogP contribution in [0.5, 0.6) is 0 Å². The van der Waals surface area contributed by atoms with Crippen molar-refractivity contribution in [2.24, 2.45) is 5.92 Å². The number of halogens is 1. The molecule has 1 saturated heterocycles. The van der Waals surface area contributed by atoms with Crippen LogP contribution in [0.4, 0.5) is 10.2 Å². The maximum absolute atomic E-state index is 13.5. The second-order valence-corrected chi connectivity index (χ2v) is 6.39. The lowest BCUT2D eigenvalue weighted by Gasteiger charge is -2.34. The van der Waals surface area contributed by atoms with Gasteiger partial charge in [0.15, 0.2) is 0 Å². The van der Waals surface area contributed by atoms with E-state index in [4.69, 9.17) is 0 Å². The van der Waals surface area contributed by atoms with Crippen LogP contribution in [0.2, 0.25) is 0 Å². The highest BCUT2D eigenvalue weighted by atomic mass is 19.1. The molecular weight excluding hydrogens is 265 g/mol. The lowest BCUT2D eigenvalue weighted by Crippen LogP contribution is -2.35. The quantitative estimate of drug-likeness (QED) is 0.866. The molecule has 1 fully saturated rings. The van der Waals surface area contributed by atoms with E-state index < -0.39 is 0 Å². The summed E-state index contributed by atoms with van der Waals surface area (Å²) in [6.07, 6.45) is 6.38. The number of anilines is 1. The molecule has 1 aromatic rings. The van der Waals surface area contributed by atoms with Crippen LogP contribution in [0.3, 0.4) is 0 Å². The summed E-state index contributed by atoms with van der Waals surface area (Å²) in [4.78, 5) is 6.68. The van der Waals surface area contributed by atoms with Gasteiger partial charge in [0, 0.05) is 31.2 Å². The van der Waals surface area contributed by atoms with E-state index in [0.29, 0.717) is 12.6 Å². The van der Waals surface area contributed by atoms with E-state index in [0.717, 1.165) is 30.4 Å². The molecule has 2 heterocycles. The fourth-order valence-corrected chi connectivity index (χ4v) is 3.04. The third kappa shape index (κ3) is 4.67. The van der Waals surface area contributed by atoms with E-state index >= 15 is 0 Å². The first-order chi connectivity index (χ1) is 10.1. The zero-order valence-electron chi connectivity index (χ0n) is 13.5. The third-order valence-corrected chi connectivity index (χ3v) is 4.22. The normalized spacial score (nSPS) is 16.7. The second-order valence-electron chi connectivity index (χ2n) is 6.39. The van der Waals surface area contributed by atoms with Gasteiger partial charge in [-0.3, -0.25) is 0 Å². The van der Waals surface area contributed by atoms with Gasteiger partial charge >= 0.3 is 0 Å². The maximum Gasteiger partial charge on any atom is 0.141 e. The first kappa shape index (κ1) is 16.2. The summed E-state index contributed by atoms with van der Waals surface area (Å²) in [6.45, 7) is 9.21. The Morgan fingerprint density at radius 3 is 2.71 bits per heavy atom. The molecule has 0 spiro atoms. The Balaban J connectivity index is 2.05. The molecule has 0 saturated carbocycles. The minimum absolute atomic E-state index is 0.250. The van der Waals surface area contributed by atoms with Crippen LogP contribution in [-0.4, -0.2) is 24.1 Å². The highest BCUT2D eigenvalue weighted by molar-refractivity contribution is 5.47. The van der Waals surface area contributed by atoms with E-state index in [1.807, 2.05) is 0 Å². The number of aromatic nitrogens is 1. The summed E-state index contributed by atoms with van der Waals surface area (Å²) < 4.78 is 13.5. The standard InChI is InChI=1S/C17H28FN3/c1-4-5-14-6-8-21(9-7-14)17-15(11-19-13(2)3)10-16(18)12-20-17/h10,12-14,19H,4-9,11H2,1-3H3. The molecule has 0 unspecified atom stereocenters. The van der Waals surface area contributed by atoms with Crippen molar-refractivity contribution in [3.63, 3.8) is 0 Å². The summed E-state index contributed by atoms with van der Waals surface area (Å²) in [5.74, 6) is 1.56. The first-order valence-electron chi connectivity index (χ1n) is 8.23. The summed E-state index contributed by atoms with van der Waals surface area (Å²) in [7, 11) is 0. The molecule has 0 aromatic carbocycles. The monoisotopic (exact) mass is 293 g/mol. The molecule has 0 amide bonds. The van der Waals surface area contributed by atoms with Gasteiger partial charge in [0.1, 0.15) is 11.6 Å². The Kier molecular flexibility index (Phi) is 5.97. The summed E-state index contributed by atoms with van der Waals surface area (Å²) in [6, 6.07) is 2.01. The molecule has 0 atom stereocenters. The molecule has 0 aliphatic carbocycles. The van der Waals surface area contributed by atoms with Crippen molar-refractivity contribution in [2.75, 3.05) is 18.0 Å². The second kappa shape index (κ2) is 7.74. The van der Waals surface area contributed by atoms with Crippen LogP contribution >= 0.6 is 0 Å². The number of pyridine rings is 1. The maximum atomic E-state index is 13.5. The molecule has 1 aromatic heterocycles. The minimum atomic E-state index is -0.250. The lowest BCUT2D eigenvalue weighted by atomic mass is 9.92. The lowest BCUT2D eigenvalue weighted by molar-refractivity contribution is 0.376. The van der Waals surface area contributed by atoms with E-state index in [9.17, 15) is 4.39 Å². The smallest absolute Gasteiger partial charge is 0.141 e. The molecule has 2 rings (SSSR count). The van der Waals surface area contributed by atoms with Gasteiger partial charge in [-0.25, -0.2) is 9.37 Å². The molecule has 0 bridgehead atoms. The number of nitrogens with one attached hydrogen (secondary N) is 1. The molecule has 4 heteroatoms. The van der Waals surface area contributed by atoms with Gasteiger partial charge in [-0.15, -0.1) is 0 Å². The number of hydrogen-bond acceptors (Lipinski definition) is 3. The number of rotatable bonds is 6. The van der Waals surface area contributed by atoms with Gasteiger partial charge < -0.3 is 10.2 Å². The molecule has 21 heavy (non-hydrogen) atoms. The fraction of sp³-hybridized carbons (Fsp3) is 0.706. The van der Waals surface area contributed by atoms with Crippen LogP contribution < -0.4 is 10.2 Å². The Morgan fingerprint density at radius 1 is 1.38 bits per heavy atom.